The second-order valence-corrected chi connectivity index (χ2v) is 11.5. The van der Waals surface area contributed by atoms with Gasteiger partial charge in [0.2, 0.25) is 11.8 Å². The highest BCUT2D eigenvalue weighted by Gasteiger charge is 2.45. The minimum absolute atomic E-state index is 0.0270. The van der Waals surface area contributed by atoms with Crippen LogP contribution in [0.3, 0.4) is 0 Å². The van der Waals surface area contributed by atoms with E-state index in [4.69, 9.17) is 16.6 Å². The zero-order valence-corrected chi connectivity index (χ0v) is 23.1. The molecular formula is C31H28ClN7O2. The Morgan fingerprint density at radius 3 is 2.83 bits per heavy atom. The fourth-order valence-corrected chi connectivity index (χ4v) is 5.95. The summed E-state index contributed by atoms with van der Waals surface area (Å²) in [6.45, 7) is 1.20. The summed E-state index contributed by atoms with van der Waals surface area (Å²) in [5.74, 6) is 0.796. The van der Waals surface area contributed by atoms with Crippen molar-refractivity contribution in [1.29, 1.82) is 5.26 Å². The smallest absolute Gasteiger partial charge is 0.229 e. The number of nitrogens with one attached hydrogen (secondary N) is 2. The van der Waals surface area contributed by atoms with E-state index in [1.54, 1.807) is 30.5 Å². The fourth-order valence-electron chi connectivity index (χ4n) is 5.77. The third kappa shape index (κ3) is 5.11. The molecule has 2 unspecified atom stereocenters. The standard InChI is InChI=1S/C31H28ClN7O2/c32-21-6-5-19(14-33)24(11-21)25-13-26(25)31(41)37-28-12-22(7-8-34-28)35-15-23-17-38-16-20(18-3-4-18)10-27(30(38)36-23)39-9-1-2-29(39)40/h5-8,10-12,16-18,25-26H,1-4,9,13,15H2,(H2,34,35,37,41). The highest BCUT2D eigenvalue weighted by Crippen LogP contribution is 2.49. The molecule has 2 saturated carbocycles. The number of rotatable bonds is 8. The maximum absolute atomic E-state index is 12.9. The summed E-state index contributed by atoms with van der Waals surface area (Å²) in [7, 11) is 0. The van der Waals surface area contributed by atoms with Crippen LogP contribution in [-0.2, 0) is 16.1 Å². The lowest BCUT2D eigenvalue weighted by Gasteiger charge is -2.17. The zero-order valence-electron chi connectivity index (χ0n) is 22.3. The molecule has 3 fully saturated rings. The number of benzene rings is 1. The Morgan fingerprint density at radius 1 is 1.17 bits per heavy atom. The van der Waals surface area contributed by atoms with Crippen molar-refractivity contribution >= 4 is 46.3 Å². The van der Waals surface area contributed by atoms with Gasteiger partial charge in [0.25, 0.3) is 0 Å². The summed E-state index contributed by atoms with van der Waals surface area (Å²) in [6, 6.07) is 13.1. The second kappa shape index (κ2) is 10.2. The fraction of sp³-hybridized carbons (Fsp3) is 0.323. The van der Waals surface area contributed by atoms with Crippen molar-refractivity contribution in [3.05, 3.63) is 82.4 Å². The van der Waals surface area contributed by atoms with Crippen molar-refractivity contribution in [1.82, 2.24) is 14.4 Å². The topological polar surface area (TPSA) is 115 Å². The minimum atomic E-state index is -0.228. The summed E-state index contributed by atoms with van der Waals surface area (Å²) in [6.07, 6.45) is 10.3. The minimum Gasteiger partial charge on any atom is -0.379 e. The summed E-state index contributed by atoms with van der Waals surface area (Å²) in [5, 5.41) is 16.3. The van der Waals surface area contributed by atoms with E-state index in [0.717, 1.165) is 41.2 Å². The third-order valence-electron chi connectivity index (χ3n) is 8.16. The van der Waals surface area contributed by atoms with Gasteiger partial charge in [0.05, 0.1) is 29.6 Å². The lowest BCUT2D eigenvalue weighted by molar-refractivity contribution is -0.118. The number of pyridine rings is 2. The number of imidazole rings is 1. The van der Waals surface area contributed by atoms with Crippen LogP contribution in [0.2, 0.25) is 5.02 Å². The Kier molecular flexibility index (Phi) is 6.36. The van der Waals surface area contributed by atoms with Crippen molar-refractivity contribution in [2.75, 3.05) is 22.1 Å². The van der Waals surface area contributed by atoms with Gasteiger partial charge in [0.15, 0.2) is 5.65 Å². The molecule has 0 spiro atoms. The maximum atomic E-state index is 12.9. The first-order valence-corrected chi connectivity index (χ1v) is 14.4. The predicted octanol–water partition coefficient (Wildman–Crippen LogP) is 5.61. The largest absolute Gasteiger partial charge is 0.379 e. The molecule has 9 nitrogen and oxygen atoms in total. The molecule has 2 atom stereocenters. The van der Waals surface area contributed by atoms with Crippen LogP contribution in [0, 0.1) is 17.2 Å². The van der Waals surface area contributed by atoms with Gasteiger partial charge in [-0.1, -0.05) is 11.6 Å². The lowest BCUT2D eigenvalue weighted by atomic mass is 10.0. The monoisotopic (exact) mass is 565 g/mol. The van der Waals surface area contributed by atoms with Crippen LogP contribution in [0.4, 0.5) is 17.2 Å². The van der Waals surface area contributed by atoms with Crippen LogP contribution in [0.1, 0.15) is 66.3 Å². The Bertz CT molecular complexity index is 1740. The molecular weight excluding hydrogens is 538 g/mol. The maximum Gasteiger partial charge on any atom is 0.229 e. The number of hydrogen-bond donors (Lipinski definition) is 2. The van der Waals surface area contributed by atoms with Gasteiger partial charge in [-0.25, -0.2) is 9.97 Å². The molecule has 4 heterocycles. The molecule has 3 aliphatic rings. The Hall–Kier alpha value is -4.42. The molecule has 41 heavy (non-hydrogen) atoms. The molecule has 10 heteroatoms. The number of fused-ring (bicyclic) bond motifs is 1. The van der Waals surface area contributed by atoms with Crippen LogP contribution < -0.4 is 15.5 Å². The molecule has 1 aromatic carbocycles. The number of nitrogens with zero attached hydrogens (tertiary/aromatic N) is 5. The van der Waals surface area contributed by atoms with Gasteiger partial charge in [-0.2, -0.15) is 5.26 Å². The summed E-state index contributed by atoms with van der Waals surface area (Å²) >= 11 is 6.13. The molecule has 2 N–H and O–H groups in total. The van der Waals surface area contributed by atoms with E-state index in [0.29, 0.717) is 41.7 Å². The van der Waals surface area contributed by atoms with Crippen molar-refractivity contribution in [3.63, 3.8) is 0 Å². The van der Waals surface area contributed by atoms with Crippen LogP contribution >= 0.6 is 11.6 Å². The molecule has 2 aliphatic carbocycles. The van der Waals surface area contributed by atoms with E-state index in [1.807, 2.05) is 21.6 Å². The Labute approximate surface area is 242 Å². The molecule has 7 rings (SSSR count). The van der Waals surface area contributed by atoms with E-state index in [9.17, 15) is 14.9 Å². The van der Waals surface area contributed by atoms with E-state index in [1.165, 1.54) is 18.4 Å². The number of hydrogen-bond acceptors (Lipinski definition) is 6. The third-order valence-corrected chi connectivity index (χ3v) is 8.40. The Morgan fingerprint density at radius 2 is 2.05 bits per heavy atom. The first kappa shape index (κ1) is 25.5. The van der Waals surface area contributed by atoms with Gasteiger partial charge in [-0.05, 0) is 79.0 Å². The molecule has 1 aliphatic heterocycles. The van der Waals surface area contributed by atoms with Crippen LogP contribution in [0.5, 0.6) is 0 Å². The molecule has 1 saturated heterocycles. The number of carbonyl (C=O) groups is 2. The van der Waals surface area contributed by atoms with E-state index in [2.05, 4.69) is 33.9 Å². The normalized spacial score (nSPS) is 19.8. The predicted molar refractivity (Wildman–Crippen MR) is 156 cm³/mol. The second-order valence-electron chi connectivity index (χ2n) is 11.1. The SMILES string of the molecule is N#Cc1ccc(Cl)cc1C1CC1C(=O)Nc1cc(NCc2cn3cc(C4CC4)cc(N4CCCC4=O)c3n2)ccn1. The van der Waals surface area contributed by atoms with E-state index in [-0.39, 0.29) is 23.7 Å². The van der Waals surface area contributed by atoms with Gasteiger partial charge in [0.1, 0.15) is 5.82 Å². The number of anilines is 3. The van der Waals surface area contributed by atoms with E-state index < -0.39 is 0 Å². The van der Waals surface area contributed by atoms with Gasteiger partial charge in [-0.15, -0.1) is 0 Å². The number of halogens is 1. The molecule has 0 radical (unpaired) electrons. The molecule has 0 bridgehead atoms. The number of carbonyl (C=O) groups excluding carboxylic acids is 2. The molecule has 2 amide bonds. The van der Waals surface area contributed by atoms with Crippen molar-refractivity contribution in [2.24, 2.45) is 5.92 Å². The highest BCUT2D eigenvalue weighted by atomic mass is 35.5. The first-order valence-electron chi connectivity index (χ1n) is 14.0. The van der Waals surface area contributed by atoms with Crippen LogP contribution in [-0.4, -0.2) is 32.7 Å². The van der Waals surface area contributed by atoms with Crippen LogP contribution in [0.15, 0.2) is 55.0 Å². The highest BCUT2D eigenvalue weighted by molar-refractivity contribution is 6.30. The average molecular weight is 566 g/mol. The van der Waals surface area contributed by atoms with Crippen LogP contribution in [0.25, 0.3) is 5.65 Å². The summed E-state index contributed by atoms with van der Waals surface area (Å²) in [5.41, 5.74) is 5.97. The van der Waals surface area contributed by atoms with Crippen molar-refractivity contribution in [2.45, 2.75) is 50.5 Å². The number of nitriles is 1. The van der Waals surface area contributed by atoms with Crippen molar-refractivity contribution in [3.8, 4) is 6.07 Å². The Balaban J connectivity index is 1.04. The number of amides is 2. The summed E-state index contributed by atoms with van der Waals surface area (Å²) in [4.78, 5) is 36.6. The first-order chi connectivity index (χ1) is 20.0. The molecule has 4 aromatic rings. The lowest BCUT2D eigenvalue weighted by Crippen LogP contribution is -2.24. The van der Waals surface area contributed by atoms with Gasteiger partial charge >= 0.3 is 0 Å². The van der Waals surface area contributed by atoms with Crippen molar-refractivity contribution < 1.29 is 9.59 Å². The zero-order chi connectivity index (χ0) is 28.1. The van der Waals surface area contributed by atoms with Gasteiger partial charge in [-0.3, -0.25) is 9.59 Å². The average Bonchev–Trinajstić information content (AvgIpc) is 3.89. The summed E-state index contributed by atoms with van der Waals surface area (Å²) < 4.78 is 2.05. The van der Waals surface area contributed by atoms with E-state index >= 15 is 0 Å². The molecule has 206 valence electrons. The quantitative estimate of drug-likeness (QED) is 0.287. The van der Waals surface area contributed by atoms with Gasteiger partial charge < -0.3 is 19.9 Å². The van der Waals surface area contributed by atoms with Gasteiger partial charge in [0, 0.05) is 54.3 Å². The number of aromatic nitrogens is 3. The molecule has 3 aromatic heterocycles.